The van der Waals surface area contributed by atoms with E-state index in [1.807, 2.05) is 30.2 Å². The number of aromatic amines is 1. The number of benzene rings is 1. The summed E-state index contributed by atoms with van der Waals surface area (Å²) in [5, 5.41) is 2.97. The SMILES string of the molecule is C=C(N[C@H](CCS(C)(=O)=O)C(=O)N1CC2(CC2)C[C@@H]1c1ncc(-c2ccc(C)cc2)[nH]1)OC. The van der Waals surface area contributed by atoms with Crippen LogP contribution in [0.15, 0.2) is 42.9 Å². The molecule has 1 amide bonds. The summed E-state index contributed by atoms with van der Waals surface area (Å²) < 4.78 is 28.6. The van der Waals surface area contributed by atoms with E-state index in [0.717, 1.165) is 36.3 Å². The number of nitrogens with one attached hydrogen (secondary N) is 2. The number of carbonyl (C=O) groups excluding carboxylic acids is 1. The number of carbonyl (C=O) groups is 1. The lowest BCUT2D eigenvalue weighted by molar-refractivity contribution is -0.134. The van der Waals surface area contributed by atoms with Gasteiger partial charge in [-0.2, -0.15) is 0 Å². The van der Waals surface area contributed by atoms with Crippen LogP contribution in [0.25, 0.3) is 11.3 Å². The molecule has 2 aromatic rings. The number of aromatic nitrogens is 2. The first-order valence-corrected chi connectivity index (χ1v) is 13.2. The van der Waals surface area contributed by atoms with Crippen molar-refractivity contribution in [2.45, 2.75) is 44.7 Å². The molecule has 1 aliphatic heterocycles. The Labute approximate surface area is 195 Å². The summed E-state index contributed by atoms with van der Waals surface area (Å²) in [6.45, 7) is 6.45. The van der Waals surface area contributed by atoms with Gasteiger partial charge in [0.05, 0.1) is 30.8 Å². The molecule has 2 aliphatic rings. The maximum atomic E-state index is 13.7. The normalized spacial score (nSPS) is 20.0. The smallest absolute Gasteiger partial charge is 0.245 e. The molecule has 0 unspecified atom stereocenters. The zero-order chi connectivity index (χ0) is 23.8. The Morgan fingerprint density at radius 2 is 2.06 bits per heavy atom. The molecular formula is C24H32N4O4S. The Morgan fingerprint density at radius 1 is 1.36 bits per heavy atom. The number of hydrogen-bond donors (Lipinski definition) is 2. The Morgan fingerprint density at radius 3 is 2.67 bits per heavy atom. The van der Waals surface area contributed by atoms with E-state index in [-0.39, 0.29) is 35.4 Å². The molecule has 1 saturated carbocycles. The highest BCUT2D eigenvalue weighted by Gasteiger charge is 2.55. The van der Waals surface area contributed by atoms with Crippen LogP contribution in [0.5, 0.6) is 0 Å². The number of ether oxygens (including phenoxy) is 1. The van der Waals surface area contributed by atoms with Crippen molar-refractivity contribution in [3.05, 3.63) is 54.3 Å². The molecule has 2 N–H and O–H groups in total. The van der Waals surface area contributed by atoms with E-state index in [0.29, 0.717) is 6.54 Å². The monoisotopic (exact) mass is 472 g/mol. The Kier molecular flexibility index (Phi) is 6.26. The van der Waals surface area contributed by atoms with Crippen LogP contribution in [0.4, 0.5) is 0 Å². The van der Waals surface area contributed by atoms with E-state index in [1.165, 1.54) is 18.9 Å². The first-order chi connectivity index (χ1) is 15.6. The molecule has 2 heterocycles. The summed E-state index contributed by atoms with van der Waals surface area (Å²) in [6.07, 6.45) is 6.16. The van der Waals surface area contributed by atoms with Crippen LogP contribution in [0.2, 0.25) is 0 Å². The van der Waals surface area contributed by atoms with Crippen molar-refractivity contribution in [1.82, 2.24) is 20.2 Å². The number of rotatable bonds is 9. The second kappa shape index (κ2) is 8.85. The second-order valence-electron chi connectivity index (χ2n) is 9.48. The standard InChI is InChI=1S/C24H32N4O4S/c1-16-5-7-18(8-6-16)20-14-25-22(27-20)21-13-24(10-11-24)15-28(21)23(29)19(26-17(2)32-3)9-12-33(4,30)31/h5-8,14,19,21,26H,2,9-13,15H2,1,3-4H3,(H,25,27)/t19-,21-/m1/s1. The predicted octanol–water partition coefficient (Wildman–Crippen LogP) is 2.95. The summed E-state index contributed by atoms with van der Waals surface area (Å²) >= 11 is 0. The average Bonchev–Trinajstić information content (AvgIpc) is 3.18. The molecule has 1 spiro atoms. The molecule has 2 fully saturated rings. The Bertz CT molecular complexity index is 1140. The van der Waals surface area contributed by atoms with Crippen molar-refractivity contribution in [3.63, 3.8) is 0 Å². The Hall–Kier alpha value is -2.81. The third kappa shape index (κ3) is 5.40. The lowest BCUT2D eigenvalue weighted by Gasteiger charge is -2.29. The fourth-order valence-electron chi connectivity index (χ4n) is 4.50. The molecule has 0 radical (unpaired) electrons. The average molecular weight is 473 g/mol. The summed E-state index contributed by atoms with van der Waals surface area (Å²) in [4.78, 5) is 23.6. The predicted molar refractivity (Wildman–Crippen MR) is 127 cm³/mol. The van der Waals surface area contributed by atoms with Crippen molar-refractivity contribution < 1.29 is 17.9 Å². The third-order valence-corrected chi connectivity index (χ3v) is 7.66. The molecule has 0 bridgehead atoms. The second-order valence-corrected chi connectivity index (χ2v) is 11.7. The fourth-order valence-corrected chi connectivity index (χ4v) is 5.16. The van der Waals surface area contributed by atoms with Crippen LogP contribution < -0.4 is 5.32 Å². The van der Waals surface area contributed by atoms with Crippen LogP contribution >= 0.6 is 0 Å². The van der Waals surface area contributed by atoms with Gasteiger partial charge in [0.1, 0.15) is 21.7 Å². The third-order valence-electron chi connectivity index (χ3n) is 6.68. The number of imidazole rings is 1. The van der Waals surface area contributed by atoms with Gasteiger partial charge in [-0.05, 0) is 50.2 Å². The van der Waals surface area contributed by atoms with Crippen molar-refractivity contribution in [2.24, 2.45) is 5.41 Å². The quantitative estimate of drug-likeness (QED) is 0.544. The largest absolute Gasteiger partial charge is 0.483 e. The lowest BCUT2D eigenvalue weighted by Crippen LogP contribution is -2.47. The maximum Gasteiger partial charge on any atom is 0.245 e. The van der Waals surface area contributed by atoms with Gasteiger partial charge in [-0.15, -0.1) is 0 Å². The van der Waals surface area contributed by atoms with Crippen LogP contribution in [0, 0.1) is 12.3 Å². The molecule has 9 heteroatoms. The number of sulfone groups is 1. The van der Waals surface area contributed by atoms with Gasteiger partial charge in [-0.3, -0.25) is 4.79 Å². The molecule has 1 aliphatic carbocycles. The highest BCUT2D eigenvalue weighted by atomic mass is 32.2. The Balaban J connectivity index is 1.58. The van der Waals surface area contributed by atoms with Crippen molar-refractivity contribution in [2.75, 3.05) is 25.7 Å². The molecular weight excluding hydrogens is 440 g/mol. The number of nitrogens with zero attached hydrogens (tertiary/aromatic N) is 2. The van der Waals surface area contributed by atoms with E-state index >= 15 is 0 Å². The number of hydrogen-bond acceptors (Lipinski definition) is 6. The molecule has 178 valence electrons. The topological polar surface area (TPSA) is 104 Å². The first-order valence-electron chi connectivity index (χ1n) is 11.2. The van der Waals surface area contributed by atoms with Gasteiger partial charge in [0, 0.05) is 12.8 Å². The van der Waals surface area contributed by atoms with Gasteiger partial charge < -0.3 is 19.9 Å². The summed E-state index contributed by atoms with van der Waals surface area (Å²) in [5.74, 6) is 0.738. The molecule has 1 aromatic heterocycles. The number of H-pyrrole nitrogens is 1. The van der Waals surface area contributed by atoms with E-state index in [4.69, 9.17) is 4.74 Å². The van der Waals surface area contributed by atoms with Crippen molar-refractivity contribution in [1.29, 1.82) is 0 Å². The number of methoxy groups -OCH3 is 1. The molecule has 1 saturated heterocycles. The molecule has 33 heavy (non-hydrogen) atoms. The minimum Gasteiger partial charge on any atom is -0.483 e. The zero-order valence-corrected chi connectivity index (χ0v) is 20.2. The van der Waals surface area contributed by atoms with Crippen LogP contribution in [-0.2, 0) is 19.4 Å². The van der Waals surface area contributed by atoms with E-state index in [9.17, 15) is 13.2 Å². The van der Waals surface area contributed by atoms with Gasteiger partial charge >= 0.3 is 0 Å². The number of aryl methyl sites for hydroxylation is 1. The van der Waals surface area contributed by atoms with Crippen molar-refractivity contribution in [3.8, 4) is 11.3 Å². The lowest BCUT2D eigenvalue weighted by atomic mass is 10.0. The molecule has 1 aromatic carbocycles. The summed E-state index contributed by atoms with van der Waals surface area (Å²) in [5.41, 5.74) is 3.28. The summed E-state index contributed by atoms with van der Waals surface area (Å²) in [7, 11) is -1.77. The van der Waals surface area contributed by atoms with Gasteiger partial charge in [-0.1, -0.05) is 29.8 Å². The van der Waals surface area contributed by atoms with Gasteiger partial charge in [0.25, 0.3) is 0 Å². The van der Waals surface area contributed by atoms with E-state index in [1.54, 1.807) is 0 Å². The minimum atomic E-state index is -3.23. The number of amides is 1. The fraction of sp³-hybridized carbons (Fsp3) is 0.500. The van der Waals surface area contributed by atoms with Gasteiger partial charge in [-0.25, -0.2) is 13.4 Å². The van der Waals surface area contributed by atoms with Gasteiger partial charge in [0.2, 0.25) is 5.91 Å². The van der Waals surface area contributed by atoms with Crippen LogP contribution in [0.1, 0.15) is 43.1 Å². The van der Waals surface area contributed by atoms with Crippen LogP contribution in [0.3, 0.4) is 0 Å². The van der Waals surface area contributed by atoms with Crippen LogP contribution in [-0.4, -0.2) is 60.9 Å². The first kappa shape index (κ1) is 23.4. The maximum absolute atomic E-state index is 13.7. The number of likely N-dealkylation sites (tertiary alicyclic amines) is 1. The van der Waals surface area contributed by atoms with Crippen molar-refractivity contribution >= 4 is 15.7 Å². The van der Waals surface area contributed by atoms with Gasteiger partial charge in [0.15, 0.2) is 5.88 Å². The highest BCUT2D eigenvalue weighted by Crippen LogP contribution is 2.58. The molecule has 8 nitrogen and oxygen atoms in total. The van der Waals surface area contributed by atoms with E-state index in [2.05, 4.69) is 34.0 Å². The molecule has 4 rings (SSSR count). The minimum absolute atomic E-state index is 0.102. The molecule has 2 atom stereocenters. The van der Waals surface area contributed by atoms with E-state index < -0.39 is 15.9 Å². The summed E-state index contributed by atoms with van der Waals surface area (Å²) in [6, 6.07) is 7.29. The zero-order valence-electron chi connectivity index (χ0n) is 19.4. The highest BCUT2D eigenvalue weighted by molar-refractivity contribution is 7.90.